The van der Waals surface area contributed by atoms with Crippen molar-refractivity contribution in [3.8, 4) is 16.9 Å². The van der Waals surface area contributed by atoms with Crippen LogP contribution in [0.2, 0.25) is 24.7 Å². The van der Waals surface area contributed by atoms with Crippen molar-refractivity contribution in [1.82, 2.24) is 25.0 Å². The number of halogens is 4. The molecule has 0 saturated heterocycles. The lowest BCUT2D eigenvalue weighted by Gasteiger charge is -2.11. The van der Waals surface area contributed by atoms with Crippen LogP contribution < -0.4 is 10.6 Å². The van der Waals surface area contributed by atoms with Crippen LogP contribution in [0.4, 0.5) is 24.8 Å². The smallest absolute Gasteiger partial charge is 0.475 e. The second-order valence-electron chi connectivity index (χ2n) is 9.45. The normalized spacial score (nSPS) is 11.9. The SMILES string of the molecule is C[Si](C)(C)c1cn(-c2ccc(Nc3nccc(-c4ccc(S(C)(=O)=O)cc4)n3)cc2Cl)nn1.O=C(O)C(F)(F)F. The quantitative estimate of drug-likeness (QED) is 0.296. The topological polar surface area (TPSA) is 140 Å². The van der Waals surface area contributed by atoms with Crippen LogP contribution in [0, 0.1) is 0 Å². The summed E-state index contributed by atoms with van der Waals surface area (Å²) in [4.78, 5) is 18.0. The van der Waals surface area contributed by atoms with Crippen molar-refractivity contribution in [3.63, 3.8) is 0 Å². The third-order valence-electron chi connectivity index (χ3n) is 5.19. The number of carbonyl (C=O) groups is 1. The maximum absolute atomic E-state index is 11.7. The van der Waals surface area contributed by atoms with Crippen molar-refractivity contribution in [2.45, 2.75) is 30.7 Å². The van der Waals surface area contributed by atoms with Crippen LogP contribution in [-0.4, -0.2) is 65.0 Å². The van der Waals surface area contributed by atoms with E-state index < -0.39 is 30.1 Å². The van der Waals surface area contributed by atoms with Gasteiger partial charge in [-0.3, -0.25) is 0 Å². The van der Waals surface area contributed by atoms with Gasteiger partial charge in [0.15, 0.2) is 9.84 Å². The summed E-state index contributed by atoms with van der Waals surface area (Å²) >= 11 is 6.53. The highest BCUT2D eigenvalue weighted by atomic mass is 35.5. The Hall–Kier alpha value is -3.82. The second kappa shape index (κ2) is 11.7. The number of rotatable bonds is 6. The molecule has 0 saturated carbocycles. The van der Waals surface area contributed by atoms with Gasteiger partial charge in [-0.25, -0.2) is 27.9 Å². The molecule has 2 N–H and O–H groups in total. The largest absolute Gasteiger partial charge is 0.490 e. The highest BCUT2D eigenvalue weighted by molar-refractivity contribution is 7.90. The van der Waals surface area contributed by atoms with Crippen molar-refractivity contribution >= 4 is 52.4 Å². The Labute approximate surface area is 233 Å². The monoisotopic (exact) mass is 612 g/mol. The lowest BCUT2D eigenvalue weighted by molar-refractivity contribution is -0.192. The molecule has 16 heteroatoms. The van der Waals surface area contributed by atoms with Crippen molar-refractivity contribution in [2.75, 3.05) is 11.6 Å². The number of carboxylic acid groups (broad SMARTS) is 1. The van der Waals surface area contributed by atoms with E-state index in [4.69, 9.17) is 21.5 Å². The van der Waals surface area contributed by atoms with E-state index in [-0.39, 0.29) is 4.90 Å². The third kappa shape index (κ3) is 8.09. The van der Waals surface area contributed by atoms with Gasteiger partial charge in [0.05, 0.1) is 26.6 Å². The molecule has 4 aromatic rings. The molecule has 0 bridgehead atoms. The predicted molar refractivity (Wildman–Crippen MR) is 147 cm³/mol. The number of hydrogen-bond donors (Lipinski definition) is 2. The number of hydrogen-bond acceptors (Lipinski definition) is 8. The van der Waals surface area contributed by atoms with Gasteiger partial charge in [0.1, 0.15) is 8.07 Å². The lowest BCUT2D eigenvalue weighted by atomic mass is 10.1. The van der Waals surface area contributed by atoms with Crippen LogP contribution in [0.15, 0.2) is 65.8 Å². The van der Waals surface area contributed by atoms with E-state index in [0.29, 0.717) is 16.7 Å². The first-order valence-electron chi connectivity index (χ1n) is 11.4. The minimum absolute atomic E-state index is 0.262. The molecule has 4 rings (SSSR count). The Balaban J connectivity index is 0.000000559. The standard InChI is InChI=1S/C22H23ClN6O2SSi.C2HF3O2/c1-32(30,31)17-8-5-15(6-9-17)19-11-12-24-22(26-19)25-16-7-10-20(18(23)13-16)29-14-21(27-28-29)33(2,3)4;3-2(4,5)1(6)7/h5-14H,1-4H3,(H,24,25,26);(H,6,7). The van der Waals surface area contributed by atoms with Crippen LogP contribution in [0.3, 0.4) is 0 Å². The summed E-state index contributed by atoms with van der Waals surface area (Å²) in [6, 6.07) is 13.9. The molecule has 0 aliphatic rings. The number of benzene rings is 2. The van der Waals surface area contributed by atoms with Gasteiger partial charge >= 0.3 is 12.1 Å². The molecular formula is C24H24ClF3N6O4SSi. The summed E-state index contributed by atoms with van der Waals surface area (Å²) in [5, 5.41) is 20.3. The van der Waals surface area contributed by atoms with Crippen LogP contribution in [0.1, 0.15) is 0 Å². The molecule has 0 spiro atoms. The Kier molecular flexibility index (Phi) is 9.01. The molecule has 10 nitrogen and oxygen atoms in total. The molecule has 2 aromatic heterocycles. The molecule has 0 aliphatic heterocycles. The number of aromatic nitrogens is 5. The molecule has 2 aromatic carbocycles. The fourth-order valence-corrected chi connectivity index (χ4v) is 4.83. The van der Waals surface area contributed by atoms with Gasteiger partial charge in [0.2, 0.25) is 5.95 Å². The Bertz CT molecular complexity index is 1620. The first kappa shape index (κ1) is 30.7. The second-order valence-corrected chi connectivity index (χ2v) is 16.9. The summed E-state index contributed by atoms with van der Waals surface area (Å²) in [7, 11) is -4.82. The zero-order valence-corrected chi connectivity index (χ0v) is 24.2. The van der Waals surface area contributed by atoms with Gasteiger partial charge in [0, 0.05) is 29.9 Å². The lowest BCUT2D eigenvalue weighted by Crippen LogP contribution is -2.38. The van der Waals surface area contributed by atoms with Gasteiger partial charge < -0.3 is 10.4 Å². The summed E-state index contributed by atoms with van der Waals surface area (Å²) in [5.74, 6) is -2.36. The van der Waals surface area contributed by atoms with E-state index in [0.717, 1.165) is 22.3 Å². The van der Waals surface area contributed by atoms with Gasteiger partial charge in [-0.15, -0.1) is 5.10 Å². The van der Waals surface area contributed by atoms with Crippen molar-refractivity contribution in [3.05, 3.63) is 65.9 Å². The summed E-state index contributed by atoms with van der Waals surface area (Å²) in [5.41, 5.74) is 2.90. The van der Waals surface area contributed by atoms with Crippen LogP contribution in [0.5, 0.6) is 0 Å². The van der Waals surface area contributed by atoms with Crippen LogP contribution in [0.25, 0.3) is 16.9 Å². The third-order valence-corrected chi connectivity index (χ3v) is 8.39. The molecule has 2 heterocycles. The minimum Gasteiger partial charge on any atom is -0.475 e. The molecule has 0 amide bonds. The first-order valence-corrected chi connectivity index (χ1v) is 17.2. The van der Waals surface area contributed by atoms with Crippen molar-refractivity contribution < 1.29 is 31.5 Å². The van der Waals surface area contributed by atoms with Gasteiger partial charge in [-0.1, -0.05) is 48.6 Å². The molecule has 0 radical (unpaired) electrons. The van der Waals surface area contributed by atoms with E-state index in [2.05, 4.69) is 45.2 Å². The Morgan fingerprint density at radius 1 is 1.07 bits per heavy atom. The maximum atomic E-state index is 11.7. The average molecular weight is 613 g/mol. The number of carboxylic acids is 1. The number of aliphatic carboxylic acids is 1. The van der Waals surface area contributed by atoms with Gasteiger partial charge in [-0.05, 0) is 36.4 Å². The zero-order chi connectivity index (χ0) is 29.9. The van der Waals surface area contributed by atoms with E-state index in [1.165, 1.54) is 6.26 Å². The maximum Gasteiger partial charge on any atom is 0.490 e. The van der Waals surface area contributed by atoms with E-state index in [1.807, 2.05) is 18.3 Å². The molecule has 40 heavy (non-hydrogen) atoms. The Morgan fingerprint density at radius 3 is 2.20 bits per heavy atom. The predicted octanol–water partition coefficient (Wildman–Crippen LogP) is 4.70. The van der Waals surface area contributed by atoms with E-state index >= 15 is 0 Å². The van der Waals surface area contributed by atoms with Crippen LogP contribution >= 0.6 is 11.6 Å². The number of sulfone groups is 1. The first-order chi connectivity index (χ1) is 18.4. The molecule has 0 atom stereocenters. The average Bonchev–Trinajstić information content (AvgIpc) is 3.34. The van der Waals surface area contributed by atoms with E-state index in [9.17, 15) is 21.6 Å². The molecule has 0 fully saturated rings. The molecule has 0 unspecified atom stereocenters. The fraction of sp³-hybridized carbons (Fsp3) is 0.208. The van der Waals surface area contributed by atoms with E-state index in [1.54, 1.807) is 47.3 Å². The molecular weight excluding hydrogens is 589 g/mol. The zero-order valence-electron chi connectivity index (χ0n) is 21.6. The highest BCUT2D eigenvalue weighted by Crippen LogP contribution is 2.26. The Morgan fingerprint density at radius 2 is 1.70 bits per heavy atom. The fourth-order valence-electron chi connectivity index (χ4n) is 3.08. The van der Waals surface area contributed by atoms with Crippen molar-refractivity contribution in [1.29, 1.82) is 0 Å². The highest BCUT2D eigenvalue weighted by Gasteiger charge is 2.38. The van der Waals surface area contributed by atoms with Crippen LogP contribution in [-0.2, 0) is 14.6 Å². The van der Waals surface area contributed by atoms with Gasteiger partial charge in [-0.2, -0.15) is 13.2 Å². The summed E-state index contributed by atoms with van der Waals surface area (Å²) in [6.45, 7) is 6.64. The summed E-state index contributed by atoms with van der Waals surface area (Å²) in [6.07, 6.45) is -0.333. The molecule has 0 aliphatic carbocycles. The number of nitrogens with zero attached hydrogens (tertiary/aromatic N) is 5. The number of anilines is 2. The van der Waals surface area contributed by atoms with Gasteiger partial charge in [0.25, 0.3) is 0 Å². The number of nitrogens with one attached hydrogen (secondary N) is 1. The van der Waals surface area contributed by atoms with Crippen molar-refractivity contribution in [2.24, 2.45) is 0 Å². The number of alkyl halides is 3. The molecule has 212 valence electrons. The minimum atomic E-state index is -5.08. The summed E-state index contributed by atoms with van der Waals surface area (Å²) < 4.78 is 56.8.